The van der Waals surface area contributed by atoms with Crippen LogP contribution in [0.3, 0.4) is 0 Å². The number of ketones is 1. The van der Waals surface area contributed by atoms with Crippen LogP contribution in [0.25, 0.3) is 0 Å². The first-order valence-electron chi connectivity index (χ1n) is 4.87. The van der Waals surface area contributed by atoms with E-state index in [9.17, 15) is 9.00 Å². The summed E-state index contributed by atoms with van der Waals surface area (Å²) in [6, 6.07) is 3.48. The molecule has 0 atom stereocenters. The summed E-state index contributed by atoms with van der Waals surface area (Å²) < 4.78 is 16.6. The Balaban J connectivity index is 2.09. The molecular weight excluding hydrogens is 214 g/mol. The summed E-state index contributed by atoms with van der Waals surface area (Å²) >= 11 is 0. The Morgan fingerprint density at radius 2 is 2.07 bits per heavy atom. The third kappa shape index (κ3) is 2.28. The summed E-state index contributed by atoms with van der Waals surface area (Å²) in [6.07, 6.45) is 0. The van der Waals surface area contributed by atoms with Gasteiger partial charge in [-0.2, -0.15) is 0 Å². The van der Waals surface area contributed by atoms with E-state index >= 15 is 0 Å². The van der Waals surface area contributed by atoms with Gasteiger partial charge >= 0.3 is 0 Å². The van der Waals surface area contributed by atoms with Crippen molar-refractivity contribution in [3.8, 4) is 0 Å². The first-order valence-corrected chi connectivity index (χ1v) is 6.36. The Hall–Kier alpha value is -1.10. The zero-order valence-electron chi connectivity index (χ0n) is 8.56. The highest BCUT2D eigenvalue weighted by atomic mass is 32.2. The van der Waals surface area contributed by atoms with Crippen molar-refractivity contribution >= 4 is 22.5 Å². The minimum Gasteiger partial charge on any atom is -0.437 e. The monoisotopic (exact) mass is 227 g/mol. The first kappa shape index (κ1) is 10.4. The average molecular weight is 227 g/mol. The van der Waals surface area contributed by atoms with Gasteiger partial charge in [-0.3, -0.25) is 9.00 Å². The fraction of sp³-hybridized carbons (Fsp3) is 0.500. The van der Waals surface area contributed by atoms with Crippen molar-refractivity contribution in [2.75, 3.05) is 29.5 Å². The van der Waals surface area contributed by atoms with Crippen molar-refractivity contribution in [3.63, 3.8) is 0 Å². The number of carbonyl (C=O) groups excluding carboxylic acids is 1. The Kier molecular flexibility index (Phi) is 2.90. The molecular formula is C10H13NO3S. The van der Waals surface area contributed by atoms with Crippen LogP contribution in [0.5, 0.6) is 0 Å². The Bertz CT molecular complexity index is 389. The van der Waals surface area contributed by atoms with Crippen LogP contribution in [0.2, 0.25) is 0 Å². The van der Waals surface area contributed by atoms with E-state index in [0.717, 1.165) is 13.1 Å². The van der Waals surface area contributed by atoms with Gasteiger partial charge in [-0.25, -0.2) is 0 Å². The second-order valence-corrected chi connectivity index (χ2v) is 5.23. The smallest absolute Gasteiger partial charge is 0.196 e. The molecule has 0 saturated carbocycles. The average Bonchev–Trinajstić information content (AvgIpc) is 2.68. The minimum atomic E-state index is -0.687. The maximum Gasteiger partial charge on any atom is 0.196 e. The Labute approximate surface area is 90.7 Å². The third-order valence-corrected chi connectivity index (χ3v) is 3.70. The lowest BCUT2D eigenvalue weighted by Crippen LogP contribution is -2.37. The van der Waals surface area contributed by atoms with Crippen LogP contribution in [-0.2, 0) is 10.8 Å². The first-order chi connectivity index (χ1) is 7.16. The van der Waals surface area contributed by atoms with E-state index in [1.165, 1.54) is 6.92 Å². The number of Topliss-reactive ketones (excluding diaryl/α,β-unsaturated/α-hetero) is 1. The summed E-state index contributed by atoms with van der Waals surface area (Å²) in [5.74, 6) is 2.38. The SMILES string of the molecule is CC(=O)c1ccc(N2CCS(=O)CC2)o1. The van der Waals surface area contributed by atoms with Crippen LogP contribution in [0, 0.1) is 0 Å². The molecule has 1 aliphatic rings. The van der Waals surface area contributed by atoms with Gasteiger partial charge in [-0.1, -0.05) is 0 Å². The van der Waals surface area contributed by atoms with Gasteiger partial charge in [0.05, 0.1) is 0 Å². The molecule has 1 saturated heterocycles. The highest BCUT2D eigenvalue weighted by Crippen LogP contribution is 2.20. The number of hydrogen-bond acceptors (Lipinski definition) is 4. The van der Waals surface area contributed by atoms with E-state index in [2.05, 4.69) is 0 Å². The van der Waals surface area contributed by atoms with Crippen LogP contribution in [0.15, 0.2) is 16.5 Å². The molecule has 1 aromatic heterocycles. The lowest BCUT2D eigenvalue weighted by atomic mass is 10.3. The Morgan fingerprint density at radius 1 is 1.40 bits per heavy atom. The maximum atomic E-state index is 11.2. The molecule has 0 spiro atoms. The maximum absolute atomic E-state index is 11.2. The van der Waals surface area contributed by atoms with Gasteiger partial charge in [-0.05, 0) is 6.07 Å². The zero-order valence-corrected chi connectivity index (χ0v) is 9.38. The Morgan fingerprint density at radius 3 is 2.60 bits per heavy atom. The second-order valence-electron chi connectivity index (χ2n) is 3.53. The van der Waals surface area contributed by atoms with Gasteiger partial charge in [0, 0.05) is 48.4 Å². The van der Waals surface area contributed by atoms with E-state index in [4.69, 9.17) is 4.42 Å². The van der Waals surface area contributed by atoms with Gasteiger partial charge in [0.1, 0.15) is 0 Å². The van der Waals surface area contributed by atoms with Crippen LogP contribution in [0.4, 0.5) is 5.88 Å². The second kappa shape index (κ2) is 4.18. The van der Waals surface area contributed by atoms with Crippen LogP contribution in [0.1, 0.15) is 17.5 Å². The van der Waals surface area contributed by atoms with Crippen LogP contribution in [-0.4, -0.2) is 34.6 Å². The van der Waals surface area contributed by atoms with E-state index in [-0.39, 0.29) is 5.78 Å². The summed E-state index contributed by atoms with van der Waals surface area (Å²) in [6.45, 7) is 2.95. The van der Waals surface area contributed by atoms with Crippen molar-refractivity contribution in [2.45, 2.75) is 6.92 Å². The fourth-order valence-corrected chi connectivity index (χ4v) is 2.60. The molecule has 0 bridgehead atoms. The molecule has 82 valence electrons. The van der Waals surface area contributed by atoms with Crippen molar-refractivity contribution in [1.29, 1.82) is 0 Å². The summed E-state index contributed by atoms with van der Waals surface area (Å²) in [4.78, 5) is 13.1. The molecule has 5 heteroatoms. The van der Waals surface area contributed by atoms with Gasteiger partial charge in [0.15, 0.2) is 17.4 Å². The van der Waals surface area contributed by atoms with Gasteiger partial charge in [0.25, 0.3) is 0 Å². The normalized spacial score (nSPS) is 18.1. The number of nitrogens with zero attached hydrogens (tertiary/aromatic N) is 1. The van der Waals surface area contributed by atoms with Crippen molar-refractivity contribution in [1.82, 2.24) is 0 Å². The summed E-state index contributed by atoms with van der Waals surface area (Å²) in [7, 11) is -0.687. The molecule has 0 unspecified atom stereocenters. The molecule has 0 aliphatic carbocycles. The minimum absolute atomic E-state index is 0.0677. The van der Waals surface area contributed by atoms with E-state index < -0.39 is 10.8 Å². The number of hydrogen-bond donors (Lipinski definition) is 0. The van der Waals surface area contributed by atoms with Crippen LogP contribution < -0.4 is 4.90 Å². The van der Waals surface area contributed by atoms with Gasteiger partial charge < -0.3 is 9.32 Å². The molecule has 1 fully saturated rings. The van der Waals surface area contributed by atoms with Crippen molar-refractivity contribution in [2.24, 2.45) is 0 Å². The predicted octanol–water partition coefficient (Wildman–Crippen LogP) is 1.05. The lowest BCUT2D eigenvalue weighted by molar-refractivity contribution is 0.0988. The molecule has 0 aromatic carbocycles. The molecule has 0 amide bonds. The van der Waals surface area contributed by atoms with E-state index in [1.807, 2.05) is 4.90 Å². The number of carbonyl (C=O) groups is 1. The molecule has 0 radical (unpaired) electrons. The van der Waals surface area contributed by atoms with Crippen molar-refractivity contribution < 1.29 is 13.4 Å². The summed E-state index contributed by atoms with van der Waals surface area (Å²) in [5.41, 5.74) is 0. The van der Waals surface area contributed by atoms with E-state index in [0.29, 0.717) is 23.2 Å². The lowest BCUT2D eigenvalue weighted by Gasteiger charge is -2.25. The topological polar surface area (TPSA) is 50.5 Å². The molecule has 4 nitrogen and oxygen atoms in total. The molecule has 2 heterocycles. The largest absolute Gasteiger partial charge is 0.437 e. The third-order valence-electron chi connectivity index (χ3n) is 2.43. The standard InChI is InChI=1S/C10H13NO3S/c1-8(12)9-2-3-10(14-9)11-4-6-15(13)7-5-11/h2-3H,4-7H2,1H3. The molecule has 0 N–H and O–H groups in total. The highest BCUT2D eigenvalue weighted by Gasteiger charge is 2.18. The van der Waals surface area contributed by atoms with E-state index in [1.54, 1.807) is 12.1 Å². The number of rotatable bonds is 2. The zero-order chi connectivity index (χ0) is 10.8. The summed E-state index contributed by atoms with van der Waals surface area (Å²) in [5, 5.41) is 0. The molecule has 1 aromatic rings. The predicted molar refractivity (Wildman–Crippen MR) is 58.8 cm³/mol. The van der Waals surface area contributed by atoms with Crippen LogP contribution >= 0.6 is 0 Å². The molecule has 1 aliphatic heterocycles. The number of furan rings is 1. The molecule has 2 rings (SSSR count). The number of anilines is 1. The highest BCUT2D eigenvalue weighted by molar-refractivity contribution is 7.85. The fourth-order valence-electron chi connectivity index (χ4n) is 1.55. The van der Waals surface area contributed by atoms with Crippen molar-refractivity contribution in [3.05, 3.63) is 17.9 Å². The van der Waals surface area contributed by atoms with Gasteiger partial charge in [0.2, 0.25) is 0 Å². The van der Waals surface area contributed by atoms with Gasteiger partial charge in [-0.15, -0.1) is 0 Å². The quantitative estimate of drug-likeness (QED) is 0.709. The molecule has 15 heavy (non-hydrogen) atoms.